The van der Waals surface area contributed by atoms with E-state index in [0.717, 1.165) is 13.0 Å². The third kappa shape index (κ3) is 4.00. The second kappa shape index (κ2) is 6.48. The Bertz CT molecular complexity index is 449. The average molecular weight is 373 g/mol. The Kier molecular flexibility index (Phi) is 5.57. The predicted molar refractivity (Wildman–Crippen MR) is 107 cm³/mol. The van der Waals surface area contributed by atoms with Gasteiger partial charge in [0.25, 0.3) is 0 Å². The zero-order valence-electron chi connectivity index (χ0n) is 17.7. The smallest absolute Gasteiger partial charge is 0.192 e. The molecule has 0 radical (unpaired) electrons. The lowest BCUT2D eigenvalue weighted by atomic mass is 10.1. The van der Waals surface area contributed by atoms with Crippen LogP contribution in [-0.4, -0.2) is 41.6 Å². The fourth-order valence-electron chi connectivity index (χ4n) is 3.25. The standard InChI is InChI=1S/C19H40O3Si2/c1-18(2,3)23(7,8)21-15-13-14-11-12-20-16(14)17(15)22-24(9,10)19(4,5)6/h14-17H,11-13H2,1-10H3/t14-,15+,16-,17-/m0/s1. The molecule has 4 atom stereocenters. The highest BCUT2D eigenvalue weighted by molar-refractivity contribution is 6.74. The van der Waals surface area contributed by atoms with Crippen LogP contribution in [0.2, 0.25) is 36.3 Å². The van der Waals surface area contributed by atoms with Gasteiger partial charge in [-0.05, 0) is 55.0 Å². The van der Waals surface area contributed by atoms with Crippen LogP contribution in [0.4, 0.5) is 0 Å². The fraction of sp³-hybridized carbons (Fsp3) is 1.00. The molecule has 142 valence electrons. The van der Waals surface area contributed by atoms with E-state index >= 15 is 0 Å². The third-order valence-electron chi connectivity index (χ3n) is 6.98. The number of ether oxygens (including phenoxy) is 1. The number of hydrogen-bond acceptors (Lipinski definition) is 3. The van der Waals surface area contributed by atoms with Crippen LogP contribution in [-0.2, 0) is 13.6 Å². The maximum Gasteiger partial charge on any atom is 0.192 e. The van der Waals surface area contributed by atoms with E-state index in [2.05, 4.69) is 67.7 Å². The number of rotatable bonds is 4. The first-order valence-corrected chi connectivity index (χ1v) is 15.4. The van der Waals surface area contributed by atoms with Crippen LogP contribution in [0.1, 0.15) is 54.4 Å². The van der Waals surface area contributed by atoms with Crippen LogP contribution in [0.3, 0.4) is 0 Å². The van der Waals surface area contributed by atoms with E-state index in [9.17, 15) is 0 Å². The van der Waals surface area contributed by atoms with Gasteiger partial charge in [-0.1, -0.05) is 41.5 Å². The molecule has 3 nitrogen and oxygen atoms in total. The van der Waals surface area contributed by atoms with E-state index in [1.807, 2.05) is 0 Å². The Hall–Kier alpha value is 0.314. The van der Waals surface area contributed by atoms with Gasteiger partial charge in [-0.15, -0.1) is 0 Å². The largest absolute Gasteiger partial charge is 0.411 e. The summed E-state index contributed by atoms with van der Waals surface area (Å²) in [5.41, 5.74) is 0. The van der Waals surface area contributed by atoms with Gasteiger partial charge in [-0.2, -0.15) is 0 Å². The normalized spacial score (nSPS) is 32.2. The molecular formula is C19H40O3Si2. The van der Waals surface area contributed by atoms with E-state index in [1.54, 1.807) is 0 Å². The lowest BCUT2D eigenvalue weighted by molar-refractivity contribution is -0.0279. The first-order valence-electron chi connectivity index (χ1n) is 9.63. The topological polar surface area (TPSA) is 27.7 Å². The Morgan fingerprint density at radius 2 is 1.33 bits per heavy atom. The van der Waals surface area contributed by atoms with Gasteiger partial charge >= 0.3 is 0 Å². The monoisotopic (exact) mass is 372 g/mol. The van der Waals surface area contributed by atoms with Crippen LogP contribution in [0, 0.1) is 5.92 Å². The Balaban J connectivity index is 2.21. The molecular weight excluding hydrogens is 332 g/mol. The minimum Gasteiger partial charge on any atom is -0.411 e. The highest BCUT2D eigenvalue weighted by atomic mass is 28.4. The molecule has 0 aromatic heterocycles. The summed E-state index contributed by atoms with van der Waals surface area (Å²) in [4.78, 5) is 0. The third-order valence-corrected chi connectivity index (χ3v) is 16.0. The quantitative estimate of drug-likeness (QED) is 0.603. The maximum absolute atomic E-state index is 6.86. The SMILES string of the molecule is CC(C)(C)[Si](C)(C)O[C@@H]1[C@H]2OCC[C@H]2C[C@H]1O[Si](C)(C)C(C)(C)C. The molecule has 0 unspecified atom stereocenters. The van der Waals surface area contributed by atoms with Crippen LogP contribution in [0.15, 0.2) is 0 Å². The van der Waals surface area contributed by atoms with Crippen LogP contribution in [0.25, 0.3) is 0 Å². The van der Waals surface area contributed by atoms with Crippen molar-refractivity contribution in [1.82, 2.24) is 0 Å². The molecule has 1 saturated carbocycles. The van der Waals surface area contributed by atoms with Crippen molar-refractivity contribution in [1.29, 1.82) is 0 Å². The lowest BCUT2D eigenvalue weighted by Crippen LogP contribution is -2.52. The van der Waals surface area contributed by atoms with Gasteiger partial charge in [0, 0.05) is 6.61 Å². The molecule has 1 heterocycles. The average Bonchev–Trinajstić information content (AvgIpc) is 2.89. The van der Waals surface area contributed by atoms with Crippen molar-refractivity contribution < 1.29 is 13.6 Å². The van der Waals surface area contributed by atoms with Crippen molar-refractivity contribution in [3.05, 3.63) is 0 Å². The highest BCUT2D eigenvalue weighted by Crippen LogP contribution is 2.47. The van der Waals surface area contributed by atoms with Crippen molar-refractivity contribution >= 4 is 16.6 Å². The molecule has 1 saturated heterocycles. The molecule has 0 aromatic rings. The van der Waals surface area contributed by atoms with Crippen molar-refractivity contribution in [2.45, 2.75) is 109 Å². The summed E-state index contributed by atoms with van der Waals surface area (Å²) in [5.74, 6) is 0.620. The molecule has 2 fully saturated rings. The Morgan fingerprint density at radius 3 is 1.83 bits per heavy atom. The molecule has 5 heteroatoms. The van der Waals surface area contributed by atoms with E-state index < -0.39 is 16.6 Å². The molecule has 24 heavy (non-hydrogen) atoms. The molecule has 0 spiro atoms. The van der Waals surface area contributed by atoms with E-state index in [0.29, 0.717) is 5.92 Å². The van der Waals surface area contributed by atoms with Crippen molar-refractivity contribution in [3.63, 3.8) is 0 Å². The Morgan fingerprint density at radius 1 is 0.833 bits per heavy atom. The van der Waals surface area contributed by atoms with Crippen molar-refractivity contribution in [2.24, 2.45) is 5.92 Å². The highest BCUT2D eigenvalue weighted by Gasteiger charge is 2.53. The molecule has 0 N–H and O–H groups in total. The van der Waals surface area contributed by atoms with Crippen LogP contribution < -0.4 is 0 Å². The van der Waals surface area contributed by atoms with Gasteiger partial charge < -0.3 is 13.6 Å². The number of hydrogen-bond donors (Lipinski definition) is 0. The second-order valence-electron chi connectivity index (χ2n) is 10.9. The minimum absolute atomic E-state index is 0.118. The van der Waals surface area contributed by atoms with Gasteiger partial charge in [0.1, 0.15) is 0 Å². The predicted octanol–water partition coefficient (Wildman–Crippen LogP) is 5.58. The molecule has 1 aliphatic heterocycles. The molecule has 2 rings (SSSR count). The second-order valence-corrected chi connectivity index (χ2v) is 20.4. The number of fused-ring (bicyclic) bond motifs is 1. The summed E-state index contributed by atoms with van der Waals surface area (Å²) in [5, 5.41) is 0.443. The summed E-state index contributed by atoms with van der Waals surface area (Å²) in [6, 6.07) is 0. The first-order chi connectivity index (χ1) is 10.7. The first kappa shape index (κ1) is 20.6. The summed E-state index contributed by atoms with van der Waals surface area (Å²) < 4.78 is 19.8. The van der Waals surface area contributed by atoms with E-state index in [-0.39, 0.29) is 28.4 Å². The molecule has 1 aliphatic carbocycles. The summed E-state index contributed by atoms with van der Waals surface area (Å²) >= 11 is 0. The summed E-state index contributed by atoms with van der Waals surface area (Å²) in [6.07, 6.45) is 2.84. The van der Waals surface area contributed by atoms with E-state index in [1.165, 1.54) is 6.42 Å². The zero-order chi connectivity index (χ0) is 18.6. The Labute approximate surface area is 152 Å². The van der Waals surface area contributed by atoms with Gasteiger partial charge in [0.05, 0.1) is 18.3 Å². The van der Waals surface area contributed by atoms with Gasteiger partial charge in [-0.25, -0.2) is 0 Å². The molecule has 0 aromatic carbocycles. The maximum atomic E-state index is 6.86. The molecule has 0 bridgehead atoms. The summed E-state index contributed by atoms with van der Waals surface area (Å²) in [6.45, 7) is 24.2. The van der Waals surface area contributed by atoms with Crippen molar-refractivity contribution in [3.8, 4) is 0 Å². The van der Waals surface area contributed by atoms with Crippen LogP contribution >= 0.6 is 0 Å². The molecule has 0 amide bonds. The van der Waals surface area contributed by atoms with Gasteiger partial charge in [0.2, 0.25) is 0 Å². The minimum atomic E-state index is -1.84. The van der Waals surface area contributed by atoms with Crippen LogP contribution in [0.5, 0.6) is 0 Å². The molecule has 2 aliphatic rings. The van der Waals surface area contributed by atoms with Crippen molar-refractivity contribution in [2.75, 3.05) is 6.61 Å². The van der Waals surface area contributed by atoms with E-state index in [4.69, 9.17) is 13.6 Å². The zero-order valence-corrected chi connectivity index (χ0v) is 19.7. The summed E-state index contributed by atoms with van der Waals surface area (Å²) in [7, 11) is -3.64. The van der Waals surface area contributed by atoms with Gasteiger partial charge in [-0.3, -0.25) is 0 Å². The fourth-order valence-corrected chi connectivity index (χ4v) is 5.91. The lowest BCUT2D eigenvalue weighted by Gasteiger charge is -2.44. The van der Waals surface area contributed by atoms with Gasteiger partial charge in [0.15, 0.2) is 16.6 Å².